The highest BCUT2D eigenvalue weighted by molar-refractivity contribution is 7.99. The normalized spacial score (nSPS) is 11.1. The number of imidazole rings is 1. The molecule has 0 amide bonds. The van der Waals surface area contributed by atoms with Crippen LogP contribution in [-0.2, 0) is 13.0 Å². The van der Waals surface area contributed by atoms with Crippen molar-refractivity contribution >= 4 is 51.9 Å². The zero-order chi connectivity index (χ0) is 22.0. The average molecular weight is 476 g/mol. The van der Waals surface area contributed by atoms with Gasteiger partial charge in [-0.2, -0.15) is 0 Å². The van der Waals surface area contributed by atoms with Gasteiger partial charge in [0.05, 0.1) is 19.1 Å². The van der Waals surface area contributed by atoms with Gasteiger partial charge in [-0.3, -0.25) is 0 Å². The van der Waals surface area contributed by atoms with Crippen LogP contribution in [0.25, 0.3) is 11.2 Å². The highest BCUT2D eigenvalue weighted by Crippen LogP contribution is 2.38. The summed E-state index contributed by atoms with van der Waals surface area (Å²) in [5, 5.41) is 1.93. The Morgan fingerprint density at radius 3 is 2.65 bits per heavy atom. The van der Waals surface area contributed by atoms with Crippen molar-refractivity contribution in [3.8, 4) is 11.5 Å². The molecule has 0 aliphatic carbocycles. The molecule has 0 spiro atoms. The number of ether oxygens (including phenoxy) is 2. The SMILES string of the molecule is COc1ccc(OC)c(Sc2nc3c(N)ncnc3n2CCc2ccc(Cl)cc2Cl)c1. The molecule has 0 radical (unpaired) electrons. The highest BCUT2D eigenvalue weighted by atomic mass is 35.5. The Morgan fingerprint density at radius 2 is 1.90 bits per heavy atom. The van der Waals surface area contributed by atoms with Gasteiger partial charge < -0.3 is 19.8 Å². The lowest BCUT2D eigenvalue weighted by atomic mass is 10.1. The molecule has 31 heavy (non-hydrogen) atoms. The van der Waals surface area contributed by atoms with Crippen LogP contribution in [0.15, 0.2) is 52.8 Å². The van der Waals surface area contributed by atoms with Crippen LogP contribution in [0.3, 0.4) is 0 Å². The predicted molar refractivity (Wildman–Crippen MR) is 124 cm³/mol. The molecule has 160 valence electrons. The van der Waals surface area contributed by atoms with Crippen molar-refractivity contribution in [2.45, 2.75) is 23.0 Å². The maximum absolute atomic E-state index is 6.37. The molecule has 2 N–H and O–H groups in total. The molecule has 0 fully saturated rings. The average Bonchev–Trinajstić information content (AvgIpc) is 3.11. The first-order valence-corrected chi connectivity index (χ1v) is 10.9. The summed E-state index contributed by atoms with van der Waals surface area (Å²) < 4.78 is 12.9. The maximum Gasteiger partial charge on any atom is 0.175 e. The van der Waals surface area contributed by atoms with Crippen LogP contribution in [0, 0.1) is 0 Å². The van der Waals surface area contributed by atoms with E-state index in [1.807, 2.05) is 34.9 Å². The number of rotatable bonds is 7. The lowest BCUT2D eigenvalue weighted by molar-refractivity contribution is 0.394. The molecule has 0 saturated carbocycles. The monoisotopic (exact) mass is 475 g/mol. The third-order valence-electron chi connectivity index (χ3n) is 4.72. The number of aryl methyl sites for hydroxylation is 2. The molecule has 0 atom stereocenters. The summed E-state index contributed by atoms with van der Waals surface area (Å²) >= 11 is 13.8. The highest BCUT2D eigenvalue weighted by Gasteiger charge is 2.18. The number of nitrogens with zero attached hydrogens (tertiary/aromatic N) is 4. The number of nitrogen functional groups attached to an aromatic ring is 1. The number of hydrogen-bond donors (Lipinski definition) is 1. The molecule has 0 aliphatic heterocycles. The van der Waals surface area contributed by atoms with Crippen LogP contribution in [-0.4, -0.2) is 33.7 Å². The Labute approximate surface area is 193 Å². The zero-order valence-electron chi connectivity index (χ0n) is 16.8. The van der Waals surface area contributed by atoms with Crippen molar-refractivity contribution in [2.24, 2.45) is 0 Å². The molecule has 2 aromatic heterocycles. The van der Waals surface area contributed by atoms with E-state index in [-0.39, 0.29) is 0 Å². The lowest BCUT2D eigenvalue weighted by Crippen LogP contribution is -2.05. The van der Waals surface area contributed by atoms with Crippen molar-refractivity contribution < 1.29 is 9.47 Å². The Hall–Kier alpha value is -2.68. The molecular weight excluding hydrogens is 457 g/mol. The lowest BCUT2D eigenvalue weighted by Gasteiger charge is -2.12. The van der Waals surface area contributed by atoms with E-state index in [4.69, 9.17) is 43.4 Å². The minimum absolute atomic E-state index is 0.327. The minimum Gasteiger partial charge on any atom is -0.497 e. The van der Waals surface area contributed by atoms with Gasteiger partial charge in [0.2, 0.25) is 0 Å². The van der Waals surface area contributed by atoms with E-state index >= 15 is 0 Å². The van der Waals surface area contributed by atoms with Crippen LogP contribution in [0.2, 0.25) is 10.0 Å². The van der Waals surface area contributed by atoms with Crippen LogP contribution in [0.5, 0.6) is 11.5 Å². The molecule has 0 unspecified atom stereocenters. The first-order chi connectivity index (χ1) is 15.0. The summed E-state index contributed by atoms with van der Waals surface area (Å²) in [4.78, 5) is 14.1. The fourth-order valence-corrected chi connectivity index (χ4v) is 4.68. The van der Waals surface area contributed by atoms with Gasteiger partial charge in [-0.1, -0.05) is 29.3 Å². The number of benzene rings is 2. The second kappa shape index (κ2) is 9.21. The third-order valence-corrected chi connectivity index (χ3v) is 6.34. The zero-order valence-corrected chi connectivity index (χ0v) is 19.1. The number of halogens is 2. The quantitative estimate of drug-likeness (QED) is 0.396. The number of aromatic nitrogens is 4. The topological polar surface area (TPSA) is 88.1 Å². The van der Waals surface area contributed by atoms with Gasteiger partial charge in [-0.25, -0.2) is 15.0 Å². The predicted octanol–water partition coefficient (Wildman–Crippen LogP) is 5.13. The summed E-state index contributed by atoms with van der Waals surface area (Å²) in [7, 11) is 3.25. The summed E-state index contributed by atoms with van der Waals surface area (Å²) in [6, 6.07) is 11.1. The van der Waals surface area contributed by atoms with E-state index in [9.17, 15) is 0 Å². The number of hydrogen-bond acceptors (Lipinski definition) is 7. The molecule has 2 aromatic carbocycles. The molecule has 4 aromatic rings. The van der Waals surface area contributed by atoms with Gasteiger partial charge in [-0.15, -0.1) is 0 Å². The van der Waals surface area contributed by atoms with Crippen molar-refractivity contribution in [3.63, 3.8) is 0 Å². The van der Waals surface area contributed by atoms with Gasteiger partial charge in [-0.05, 0) is 54.1 Å². The maximum atomic E-state index is 6.37. The molecule has 4 rings (SSSR count). The second-order valence-corrected chi connectivity index (χ2v) is 8.43. The first kappa shape index (κ1) is 21.5. The van der Waals surface area contributed by atoms with Gasteiger partial charge in [0.25, 0.3) is 0 Å². The molecule has 0 bridgehead atoms. The summed E-state index contributed by atoms with van der Waals surface area (Å²) in [5.41, 5.74) is 8.25. The van der Waals surface area contributed by atoms with Crippen molar-refractivity contribution in [1.29, 1.82) is 0 Å². The largest absolute Gasteiger partial charge is 0.497 e. The molecule has 0 saturated heterocycles. The van der Waals surface area contributed by atoms with Crippen LogP contribution in [0.1, 0.15) is 5.56 Å². The molecule has 0 aliphatic rings. The van der Waals surface area contributed by atoms with Gasteiger partial charge in [0.15, 0.2) is 22.1 Å². The van der Waals surface area contributed by atoms with E-state index in [1.165, 1.54) is 18.1 Å². The van der Waals surface area contributed by atoms with Crippen LogP contribution in [0.4, 0.5) is 5.82 Å². The van der Waals surface area contributed by atoms with E-state index < -0.39 is 0 Å². The smallest absolute Gasteiger partial charge is 0.175 e. The Kier molecular flexibility index (Phi) is 6.41. The number of nitrogens with two attached hydrogens (primary N) is 1. The minimum atomic E-state index is 0.327. The molecule has 7 nitrogen and oxygen atoms in total. The van der Waals surface area contributed by atoms with Gasteiger partial charge in [0, 0.05) is 16.6 Å². The van der Waals surface area contributed by atoms with E-state index in [1.54, 1.807) is 20.3 Å². The Morgan fingerprint density at radius 1 is 1.06 bits per heavy atom. The summed E-state index contributed by atoms with van der Waals surface area (Å²) in [5.74, 6) is 1.76. The third kappa shape index (κ3) is 4.51. The molecule has 2 heterocycles. The Bertz CT molecular complexity index is 1250. The van der Waals surface area contributed by atoms with E-state index in [0.29, 0.717) is 50.9 Å². The molecular formula is C21H19Cl2N5O2S. The van der Waals surface area contributed by atoms with E-state index in [0.717, 1.165) is 16.2 Å². The second-order valence-electron chi connectivity index (χ2n) is 6.58. The number of anilines is 1. The van der Waals surface area contributed by atoms with Crippen molar-refractivity contribution in [3.05, 3.63) is 58.3 Å². The fourth-order valence-electron chi connectivity index (χ4n) is 3.13. The van der Waals surface area contributed by atoms with Crippen molar-refractivity contribution in [2.75, 3.05) is 20.0 Å². The molecule has 10 heteroatoms. The van der Waals surface area contributed by atoms with Gasteiger partial charge >= 0.3 is 0 Å². The summed E-state index contributed by atoms with van der Waals surface area (Å²) in [6.45, 7) is 0.586. The van der Waals surface area contributed by atoms with E-state index in [2.05, 4.69) is 9.97 Å². The Balaban J connectivity index is 1.74. The van der Waals surface area contributed by atoms with Crippen LogP contribution >= 0.6 is 35.0 Å². The number of fused-ring (bicyclic) bond motifs is 1. The number of methoxy groups -OCH3 is 2. The standard InChI is InChI=1S/C21H19Cl2N5O2S/c1-29-14-5-6-16(30-2)17(10-14)31-21-27-18-19(24)25-11-26-20(18)28(21)8-7-12-3-4-13(22)9-15(12)23/h3-6,9-11H,7-8H2,1-2H3,(H2,24,25,26). The van der Waals surface area contributed by atoms with Crippen molar-refractivity contribution in [1.82, 2.24) is 19.5 Å². The fraction of sp³-hybridized carbons (Fsp3) is 0.190. The summed E-state index contributed by atoms with van der Waals surface area (Å²) in [6.07, 6.45) is 2.10. The van der Waals surface area contributed by atoms with Gasteiger partial charge in [0.1, 0.15) is 17.8 Å². The van der Waals surface area contributed by atoms with Crippen LogP contribution < -0.4 is 15.2 Å². The first-order valence-electron chi connectivity index (χ1n) is 9.30.